The molecule has 2 aliphatic rings. The molecular formula is C10H20N2. The van der Waals surface area contributed by atoms with Crippen molar-refractivity contribution >= 4 is 0 Å². The molecule has 2 fully saturated rings. The summed E-state index contributed by atoms with van der Waals surface area (Å²) >= 11 is 0. The summed E-state index contributed by atoms with van der Waals surface area (Å²) in [6, 6.07) is 0.805. The van der Waals surface area contributed by atoms with E-state index in [1.54, 1.807) is 0 Å². The lowest BCUT2D eigenvalue weighted by molar-refractivity contribution is 0.133. The van der Waals surface area contributed by atoms with Gasteiger partial charge in [-0.25, -0.2) is 0 Å². The molecule has 0 aromatic carbocycles. The maximum Gasteiger partial charge on any atom is 0.0122 e. The van der Waals surface area contributed by atoms with Crippen molar-refractivity contribution in [3.05, 3.63) is 0 Å². The highest BCUT2D eigenvalue weighted by molar-refractivity contribution is 4.98. The summed E-state index contributed by atoms with van der Waals surface area (Å²) < 4.78 is 0. The minimum absolute atomic E-state index is 0.664. The fraction of sp³-hybridized carbons (Fsp3) is 1.00. The Hall–Kier alpha value is -0.0800. The SMILES string of the molecule is CC(N1CCNCC1)C1(C)CC1. The Morgan fingerprint density at radius 2 is 1.83 bits per heavy atom. The maximum absolute atomic E-state index is 3.40. The van der Waals surface area contributed by atoms with E-state index in [9.17, 15) is 0 Å². The summed E-state index contributed by atoms with van der Waals surface area (Å²) in [5, 5.41) is 3.40. The van der Waals surface area contributed by atoms with E-state index in [-0.39, 0.29) is 0 Å². The average Bonchev–Trinajstić information content (AvgIpc) is 2.85. The molecule has 0 bridgehead atoms. The van der Waals surface area contributed by atoms with Crippen molar-refractivity contribution in [3.63, 3.8) is 0 Å². The predicted octanol–water partition coefficient (Wildman–Crippen LogP) is 1.08. The van der Waals surface area contributed by atoms with Crippen molar-refractivity contribution < 1.29 is 0 Å². The van der Waals surface area contributed by atoms with Crippen molar-refractivity contribution in [1.29, 1.82) is 0 Å². The molecular weight excluding hydrogens is 148 g/mol. The van der Waals surface area contributed by atoms with Gasteiger partial charge in [0.1, 0.15) is 0 Å². The van der Waals surface area contributed by atoms with Crippen LogP contribution in [0.15, 0.2) is 0 Å². The molecule has 2 heteroatoms. The fourth-order valence-corrected chi connectivity index (χ4v) is 2.13. The molecule has 1 unspecified atom stereocenters. The van der Waals surface area contributed by atoms with Crippen LogP contribution in [0.5, 0.6) is 0 Å². The van der Waals surface area contributed by atoms with Gasteiger partial charge in [-0.2, -0.15) is 0 Å². The van der Waals surface area contributed by atoms with Gasteiger partial charge in [0, 0.05) is 32.2 Å². The Morgan fingerprint density at radius 3 is 2.33 bits per heavy atom. The molecule has 0 amide bonds. The molecule has 1 saturated carbocycles. The van der Waals surface area contributed by atoms with Gasteiger partial charge in [-0.1, -0.05) is 6.92 Å². The zero-order chi connectivity index (χ0) is 8.60. The van der Waals surface area contributed by atoms with Gasteiger partial charge >= 0.3 is 0 Å². The molecule has 12 heavy (non-hydrogen) atoms. The highest BCUT2D eigenvalue weighted by Crippen LogP contribution is 2.49. The zero-order valence-corrected chi connectivity index (χ0v) is 8.27. The van der Waals surface area contributed by atoms with Crippen molar-refractivity contribution in [1.82, 2.24) is 10.2 Å². The molecule has 2 nitrogen and oxygen atoms in total. The molecule has 1 aliphatic heterocycles. The van der Waals surface area contributed by atoms with E-state index in [0.717, 1.165) is 6.04 Å². The molecule has 1 atom stereocenters. The van der Waals surface area contributed by atoms with E-state index in [4.69, 9.17) is 0 Å². The van der Waals surface area contributed by atoms with Crippen LogP contribution < -0.4 is 5.32 Å². The van der Waals surface area contributed by atoms with E-state index in [2.05, 4.69) is 24.1 Å². The first-order valence-corrected chi connectivity index (χ1v) is 5.17. The maximum atomic E-state index is 3.40. The molecule has 1 heterocycles. The van der Waals surface area contributed by atoms with Crippen LogP contribution >= 0.6 is 0 Å². The second kappa shape index (κ2) is 3.00. The van der Waals surface area contributed by atoms with Crippen LogP contribution in [0.1, 0.15) is 26.7 Å². The Kier molecular flexibility index (Phi) is 2.13. The van der Waals surface area contributed by atoms with Gasteiger partial charge in [-0.3, -0.25) is 4.90 Å². The summed E-state index contributed by atoms with van der Waals surface area (Å²) in [5.74, 6) is 0. The van der Waals surface area contributed by atoms with E-state index in [0.29, 0.717) is 5.41 Å². The van der Waals surface area contributed by atoms with Crippen LogP contribution in [0.3, 0.4) is 0 Å². The first kappa shape index (κ1) is 8.52. The standard InChI is InChI=1S/C10H20N2/c1-9(10(2)3-4-10)12-7-5-11-6-8-12/h9,11H,3-8H2,1-2H3. The largest absolute Gasteiger partial charge is 0.314 e. The van der Waals surface area contributed by atoms with Crippen molar-refractivity contribution in [2.75, 3.05) is 26.2 Å². The fourth-order valence-electron chi connectivity index (χ4n) is 2.13. The monoisotopic (exact) mass is 168 g/mol. The normalized spacial score (nSPS) is 31.5. The lowest BCUT2D eigenvalue weighted by Gasteiger charge is -2.36. The van der Waals surface area contributed by atoms with Gasteiger partial charge in [0.2, 0.25) is 0 Å². The Morgan fingerprint density at radius 1 is 1.25 bits per heavy atom. The van der Waals surface area contributed by atoms with Crippen LogP contribution in [0.4, 0.5) is 0 Å². The van der Waals surface area contributed by atoms with Gasteiger partial charge in [0.15, 0.2) is 0 Å². The lowest BCUT2D eigenvalue weighted by Crippen LogP contribution is -2.49. The molecule has 70 valence electrons. The molecule has 0 spiro atoms. The predicted molar refractivity (Wildman–Crippen MR) is 51.2 cm³/mol. The summed E-state index contributed by atoms with van der Waals surface area (Å²) in [4.78, 5) is 2.64. The molecule has 0 aromatic heterocycles. The molecule has 2 rings (SSSR count). The van der Waals surface area contributed by atoms with Crippen molar-refractivity contribution in [2.24, 2.45) is 5.41 Å². The van der Waals surface area contributed by atoms with Gasteiger partial charge in [0.25, 0.3) is 0 Å². The van der Waals surface area contributed by atoms with Crippen LogP contribution in [0.2, 0.25) is 0 Å². The smallest absolute Gasteiger partial charge is 0.0122 e. The Labute approximate surface area is 75.3 Å². The van der Waals surface area contributed by atoms with Crippen LogP contribution in [-0.4, -0.2) is 37.1 Å². The number of nitrogens with zero attached hydrogens (tertiary/aromatic N) is 1. The van der Waals surface area contributed by atoms with Crippen LogP contribution in [-0.2, 0) is 0 Å². The van der Waals surface area contributed by atoms with Gasteiger partial charge in [-0.15, -0.1) is 0 Å². The number of rotatable bonds is 2. The number of hydrogen-bond acceptors (Lipinski definition) is 2. The first-order valence-electron chi connectivity index (χ1n) is 5.17. The van der Waals surface area contributed by atoms with E-state index in [1.807, 2.05) is 0 Å². The molecule has 1 aliphatic carbocycles. The van der Waals surface area contributed by atoms with Gasteiger partial charge in [-0.05, 0) is 25.2 Å². The average molecular weight is 168 g/mol. The molecule has 1 N–H and O–H groups in total. The molecule has 0 aromatic rings. The summed E-state index contributed by atoms with van der Waals surface area (Å²) in [6.45, 7) is 9.69. The van der Waals surface area contributed by atoms with Gasteiger partial charge < -0.3 is 5.32 Å². The number of hydrogen-bond donors (Lipinski definition) is 1. The number of nitrogens with one attached hydrogen (secondary N) is 1. The Bertz CT molecular complexity index is 157. The first-order chi connectivity index (χ1) is 5.72. The summed E-state index contributed by atoms with van der Waals surface area (Å²) in [7, 11) is 0. The molecule has 0 radical (unpaired) electrons. The van der Waals surface area contributed by atoms with Gasteiger partial charge in [0.05, 0.1) is 0 Å². The summed E-state index contributed by atoms with van der Waals surface area (Å²) in [5.41, 5.74) is 0.664. The highest BCUT2D eigenvalue weighted by Gasteiger charge is 2.44. The third-order valence-electron chi connectivity index (χ3n) is 3.75. The van der Waals surface area contributed by atoms with E-state index >= 15 is 0 Å². The van der Waals surface area contributed by atoms with E-state index in [1.165, 1.54) is 39.0 Å². The minimum Gasteiger partial charge on any atom is -0.314 e. The van der Waals surface area contributed by atoms with E-state index < -0.39 is 0 Å². The molecule has 1 saturated heterocycles. The second-order valence-electron chi connectivity index (χ2n) is 4.62. The van der Waals surface area contributed by atoms with Crippen molar-refractivity contribution in [2.45, 2.75) is 32.7 Å². The van der Waals surface area contributed by atoms with Crippen LogP contribution in [0, 0.1) is 5.41 Å². The zero-order valence-electron chi connectivity index (χ0n) is 8.27. The second-order valence-corrected chi connectivity index (χ2v) is 4.62. The third kappa shape index (κ3) is 1.50. The third-order valence-corrected chi connectivity index (χ3v) is 3.75. The highest BCUT2D eigenvalue weighted by atomic mass is 15.2. The summed E-state index contributed by atoms with van der Waals surface area (Å²) in [6.07, 6.45) is 2.89. The van der Waals surface area contributed by atoms with Crippen LogP contribution in [0.25, 0.3) is 0 Å². The lowest BCUT2D eigenvalue weighted by atomic mass is 9.98. The number of piperazine rings is 1. The minimum atomic E-state index is 0.664. The topological polar surface area (TPSA) is 15.3 Å². The Balaban J connectivity index is 1.89. The van der Waals surface area contributed by atoms with Crippen molar-refractivity contribution in [3.8, 4) is 0 Å². The quantitative estimate of drug-likeness (QED) is 0.664.